The topological polar surface area (TPSA) is 95.6 Å². The van der Waals surface area contributed by atoms with Crippen LogP contribution in [-0.4, -0.2) is 19.5 Å². The Morgan fingerprint density at radius 3 is 2.72 bits per heavy atom. The summed E-state index contributed by atoms with van der Waals surface area (Å²) in [5, 5.41) is 1.93. The van der Waals surface area contributed by atoms with Crippen molar-refractivity contribution in [2.24, 2.45) is 5.73 Å². The molecular weight excluding hydrogens is 360 g/mol. The van der Waals surface area contributed by atoms with Gasteiger partial charge in [-0.1, -0.05) is 42.5 Å². The fourth-order valence-electron chi connectivity index (χ4n) is 4.47. The van der Waals surface area contributed by atoms with Gasteiger partial charge in [-0.3, -0.25) is 4.98 Å². The lowest BCUT2D eigenvalue weighted by atomic mass is 9.91. The van der Waals surface area contributed by atoms with Gasteiger partial charge in [0.1, 0.15) is 17.8 Å². The Balaban J connectivity index is 1.77. The second-order valence-corrected chi connectivity index (χ2v) is 7.40. The standard InChI is InChI=1S/C23H18N6/c24-17-11-29-21(16-7-3-2-6-15(16)17)19(20-22(25)27-12-28-23(20)29)14-9-13-5-1-4-8-18(13)26-10-14/h1-10,12,17H,11,24H2,(H2,25,27,28)/t17-/m0/s1. The Hall–Kier alpha value is -3.77. The fraction of sp³-hybridized carbons (Fsp3) is 0.0870. The van der Waals surface area contributed by atoms with E-state index in [0.29, 0.717) is 12.4 Å². The molecule has 0 saturated heterocycles. The van der Waals surface area contributed by atoms with Gasteiger partial charge in [-0.25, -0.2) is 9.97 Å². The third-order valence-corrected chi connectivity index (χ3v) is 5.74. The number of nitrogens with two attached hydrogens (primary N) is 2. The van der Waals surface area contributed by atoms with Crippen molar-refractivity contribution in [3.8, 4) is 22.4 Å². The Kier molecular flexibility index (Phi) is 3.28. The van der Waals surface area contributed by atoms with Gasteiger partial charge >= 0.3 is 0 Å². The van der Waals surface area contributed by atoms with Gasteiger partial charge in [0.05, 0.1) is 16.6 Å². The summed E-state index contributed by atoms with van der Waals surface area (Å²) in [5.74, 6) is 0.464. The van der Waals surface area contributed by atoms with Gasteiger partial charge in [0.15, 0.2) is 0 Å². The first-order valence-electron chi connectivity index (χ1n) is 9.55. The summed E-state index contributed by atoms with van der Waals surface area (Å²) in [4.78, 5) is 13.5. The van der Waals surface area contributed by atoms with Crippen LogP contribution >= 0.6 is 0 Å². The van der Waals surface area contributed by atoms with Crippen molar-refractivity contribution in [2.75, 3.05) is 5.73 Å². The summed E-state index contributed by atoms with van der Waals surface area (Å²) in [5.41, 5.74) is 19.9. The third kappa shape index (κ3) is 2.23. The molecular formula is C23H18N6. The van der Waals surface area contributed by atoms with Crippen molar-refractivity contribution in [3.63, 3.8) is 0 Å². The third-order valence-electron chi connectivity index (χ3n) is 5.74. The van der Waals surface area contributed by atoms with Gasteiger partial charge in [-0.15, -0.1) is 0 Å². The molecule has 3 aromatic heterocycles. The quantitative estimate of drug-likeness (QED) is 0.461. The predicted molar refractivity (Wildman–Crippen MR) is 115 cm³/mol. The van der Waals surface area contributed by atoms with Crippen LogP contribution in [0.2, 0.25) is 0 Å². The highest BCUT2D eigenvalue weighted by atomic mass is 15.1. The molecule has 29 heavy (non-hydrogen) atoms. The van der Waals surface area contributed by atoms with Crippen molar-refractivity contribution in [1.82, 2.24) is 19.5 Å². The number of pyridine rings is 1. The summed E-state index contributed by atoms with van der Waals surface area (Å²) in [7, 11) is 0. The lowest BCUT2D eigenvalue weighted by molar-refractivity contribution is 0.578. The maximum Gasteiger partial charge on any atom is 0.146 e. The van der Waals surface area contributed by atoms with Crippen LogP contribution in [0, 0.1) is 0 Å². The van der Waals surface area contributed by atoms with Gasteiger partial charge in [0.2, 0.25) is 0 Å². The second-order valence-electron chi connectivity index (χ2n) is 7.40. The molecule has 4 N–H and O–H groups in total. The Morgan fingerprint density at radius 2 is 1.79 bits per heavy atom. The van der Waals surface area contributed by atoms with Crippen molar-refractivity contribution in [2.45, 2.75) is 12.6 Å². The number of nitrogens with zero attached hydrogens (tertiary/aromatic N) is 4. The summed E-state index contributed by atoms with van der Waals surface area (Å²) in [6, 6.07) is 18.4. The minimum atomic E-state index is -0.104. The van der Waals surface area contributed by atoms with Crippen LogP contribution in [-0.2, 0) is 6.54 Å². The predicted octanol–water partition coefficient (Wildman–Crippen LogP) is 3.91. The van der Waals surface area contributed by atoms with Crippen molar-refractivity contribution >= 4 is 27.8 Å². The van der Waals surface area contributed by atoms with Crippen molar-refractivity contribution in [3.05, 3.63) is 72.7 Å². The molecule has 4 heterocycles. The molecule has 5 aromatic rings. The number of anilines is 1. The summed E-state index contributed by atoms with van der Waals surface area (Å²) >= 11 is 0. The van der Waals surface area contributed by atoms with Crippen LogP contribution in [0.1, 0.15) is 11.6 Å². The van der Waals surface area contributed by atoms with E-state index in [4.69, 9.17) is 11.5 Å². The van der Waals surface area contributed by atoms with E-state index < -0.39 is 0 Å². The molecule has 0 saturated carbocycles. The second kappa shape index (κ2) is 5.86. The average Bonchev–Trinajstić information content (AvgIpc) is 3.09. The Morgan fingerprint density at radius 1 is 0.966 bits per heavy atom. The Bertz CT molecular complexity index is 1420. The fourth-order valence-corrected chi connectivity index (χ4v) is 4.47. The molecule has 6 nitrogen and oxygen atoms in total. The molecule has 1 aliphatic heterocycles. The van der Waals surface area contributed by atoms with Crippen molar-refractivity contribution < 1.29 is 0 Å². The maximum absolute atomic E-state index is 6.50. The van der Waals surface area contributed by atoms with Gasteiger partial charge in [-0.2, -0.15) is 0 Å². The van der Waals surface area contributed by atoms with Crippen LogP contribution in [0.3, 0.4) is 0 Å². The summed E-state index contributed by atoms with van der Waals surface area (Å²) in [6.07, 6.45) is 3.42. The number of aromatic nitrogens is 4. The lowest BCUT2D eigenvalue weighted by Crippen LogP contribution is -2.23. The van der Waals surface area contributed by atoms with Crippen LogP contribution in [0.4, 0.5) is 5.82 Å². The van der Waals surface area contributed by atoms with Gasteiger partial charge in [0, 0.05) is 40.9 Å². The first-order chi connectivity index (χ1) is 14.2. The van der Waals surface area contributed by atoms with Gasteiger partial charge in [-0.05, 0) is 17.7 Å². The number of hydrogen-bond acceptors (Lipinski definition) is 5. The highest BCUT2D eigenvalue weighted by molar-refractivity contribution is 6.09. The minimum Gasteiger partial charge on any atom is -0.383 e. The largest absolute Gasteiger partial charge is 0.383 e. The molecule has 0 unspecified atom stereocenters. The molecule has 0 fully saturated rings. The van der Waals surface area contributed by atoms with E-state index in [0.717, 1.165) is 49.9 Å². The zero-order valence-corrected chi connectivity index (χ0v) is 15.6. The van der Waals surface area contributed by atoms with E-state index in [9.17, 15) is 0 Å². The van der Waals surface area contributed by atoms with Crippen LogP contribution < -0.4 is 11.5 Å². The zero-order valence-electron chi connectivity index (χ0n) is 15.6. The highest BCUT2D eigenvalue weighted by Gasteiger charge is 2.30. The molecule has 6 heteroatoms. The van der Waals surface area contributed by atoms with E-state index in [-0.39, 0.29) is 6.04 Å². The van der Waals surface area contributed by atoms with E-state index in [1.807, 2.05) is 36.5 Å². The Labute approximate surface area is 166 Å². The van der Waals surface area contributed by atoms with Crippen LogP contribution in [0.5, 0.6) is 0 Å². The van der Waals surface area contributed by atoms with Crippen LogP contribution in [0.25, 0.3) is 44.3 Å². The number of hydrogen-bond donors (Lipinski definition) is 2. The first-order valence-corrected chi connectivity index (χ1v) is 9.55. The zero-order chi connectivity index (χ0) is 19.5. The SMILES string of the molecule is Nc1ncnc2c1c(-c1cnc3ccccc3c1)c1n2C[C@H](N)c2ccccc2-1. The molecule has 0 amide bonds. The summed E-state index contributed by atoms with van der Waals surface area (Å²) < 4.78 is 2.17. The number of nitrogen functional groups attached to an aromatic ring is 1. The molecule has 140 valence electrons. The molecule has 1 aliphatic rings. The van der Waals surface area contributed by atoms with E-state index >= 15 is 0 Å². The smallest absolute Gasteiger partial charge is 0.146 e. The van der Waals surface area contributed by atoms with Gasteiger partial charge < -0.3 is 16.0 Å². The first kappa shape index (κ1) is 16.2. The molecule has 6 rings (SSSR count). The van der Waals surface area contributed by atoms with Crippen molar-refractivity contribution in [1.29, 1.82) is 0 Å². The normalized spacial score (nSPS) is 15.4. The lowest BCUT2D eigenvalue weighted by Gasteiger charge is -2.26. The number of fused-ring (bicyclic) bond motifs is 6. The molecule has 0 aliphatic carbocycles. The van der Waals surface area contributed by atoms with E-state index in [1.165, 1.54) is 6.33 Å². The van der Waals surface area contributed by atoms with E-state index in [2.05, 4.69) is 43.8 Å². The molecule has 0 spiro atoms. The van der Waals surface area contributed by atoms with E-state index in [1.54, 1.807) is 0 Å². The monoisotopic (exact) mass is 378 g/mol. The average molecular weight is 378 g/mol. The van der Waals surface area contributed by atoms with Gasteiger partial charge in [0.25, 0.3) is 0 Å². The molecule has 1 atom stereocenters. The molecule has 2 aromatic carbocycles. The molecule has 0 bridgehead atoms. The minimum absolute atomic E-state index is 0.104. The number of rotatable bonds is 1. The number of para-hydroxylation sites is 1. The summed E-state index contributed by atoms with van der Waals surface area (Å²) in [6.45, 7) is 0.639. The van der Waals surface area contributed by atoms with Crippen LogP contribution in [0.15, 0.2) is 67.1 Å². The maximum atomic E-state index is 6.50. The number of benzene rings is 2. The highest BCUT2D eigenvalue weighted by Crippen LogP contribution is 2.46. The molecule has 0 radical (unpaired) electrons.